The molecule has 2 aliphatic rings. The Bertz CT molecular complexity index is 915. The van der Waals surface area contributed by atoms with E-state index >= 15 is 0 Å². The van der Waals surface area contributed by atoms with Gasteiger partial charge >= 0.3 is 0 Å². The number of benzene rings is 1. The molecule has 0 spiro atoms. The Balaban J connectivity index is 1.36. The van der Waals surface area contributed by atoms with Crippen molar-refractivity contribution in [3.63, 3.8) is 0 Å². The number of ether oxygens (including phenoxy) is 1. The van der Waals surface area contributed by atoms with Crippen LogP contribution in [0.25, 0.3) is 10.9 Å². The van der Waals surface area contributed by atoms with Crippen LogP contribution < -0.4 is 9.64 Å². The summed E-state index contributed by atoms with van der Waals surface area (Å²) >= 11 is 0. The smallest absolute Gasteiger partial charge is 0.119 e. The summed E-state index contributed by atoms with van der Waals surface area (Å²) < 4.78 is 5.50. The third-order valence-corrected chi connectivity index (χ3v) is 8.61. The maximum Gasteiger partial charge on any atom is 0.119 e. The molecule has 0 amide bonds. The van der Waals surface area contributed by atoms with E-state index in [9.17, 15) is 5.11 Å². The minimum Gasteiger partial charge on any atom is -0.497 e. The van der Waals surface area contributed by atoms with Gasteiger partial charge in [-0.2, -0.15) is 0 Å². The van der Waals surface area contributed by atoms with Crippen molar-refractivity contribution in [2.24, 2.45) is 11.3 Å². The van der Waals surface area contributed by atoms with Crippen LogP contribution in [-0.4, -0.2) is 62.4 Å². The second-order valence-electron chi connectivity index (χ2n) is 11.0. The number of aromatic nitrogens is 1. The number of hydrogen-bond acceptors (Lipinski definition) is 5. The number of fused-ring (bicyclic) bond motifs is 1. The largest absolute Gasteiger partial charge is 0.497 e. The maximum atomic E-state index is 10.4. The average molecular weight is 468 g/mol. The quantitative estimate of drug-likeness (QED) is 0.487. The number of pyridine rings is 1. The standard InChI is InChI=1S/C29H45N3O2/c1-31(2)28-21-30-27-12-11-24(34-3)20-26(27)25(28)10-7-14-29(22-33)15-18-32(19-16-29)17-13-23-8-5-4-6-9-23/h11-12,20-21,23,33H,4-10,13-19,22H2,1-3H3. The molecule has 0 unspecified atom stereocenters. The number of aryl methyl sites for hydroxylation is 1. The molecule has 1 aromatic heterocycles. The van der Waals surface area contributed by atoms with Gasteiger partial charge in [0.25, 0.3) is 0 Å². The summed E-state index contributed by atoms with van der Waals surface area (Å²) in [5, 5.41) is 11.6. The summed E-state index contributed by atoms with van der Waals surface area (Å²) in [7, 11) is 5.89. The summed E-state index contributed by atoms with van der Waals surface area (Å²) in [6.07, 6.45) is 16.0. The average Bonchev–Trinajstić information content (AvgIpc) is 2.88. The highest BCUT2D eigenvalue weighted by atomic mass is 16.5. The first-order valence-electron chi connectivity index (χ1n) is 13.5. The van der Waals surface area contributed by atoms with Gasteiger partial charge in [0.15, 0.2) is 0 Å². The summed E-state index contributed by atoms with van der Waals surface area (Å²) in [5.41, 5.74) is 3.62. The van der Waals surface area contributed by atoms with Crippen molar-refractivity contribution in [1.29, 1.82) is 0 Å². The third-order valence-electron chi connectivity index (χ3n) is 8.61. The van der Waals surface area contributed by atoms with Gasteiger partial charge in [0.1, 0.15) is 5.75 Å². The van der Waals surface area contributed by atoms with Crippen LogP contribution in [0.15, 0.2) is 24.4 Å². The molecule has 4 rings (SSSR count). The minimum absolute atomic E-state index is 0.0835. The van der Waals surface area contributed by atoms with Crippen molar-refractivity contribution in [3.8, 4) is 5.75 Å². The van der Waals surface area contributed by atoms with Crippen molar-refractivity contribution >= 4 is 16.6 Å². The van der Waals surface area contributed by atoms with Gasteiger partial charge in [-0.1, -0.05) is 32.1 Å². The molecule has 0 bridgehead atoms. The molecule has 0 radical (unpaired) electrons. The maximum absolute atomic E-state index is 10.4. The lowest BCUT2D eigenvalue weighted by Gasteiger charge is -2.41. The van der Waals surface area contributed by atoms with E-state index in [4.69, 9.17) is 4.74 Å². The predicted octanol–water partition coefficient (Wildman–Crippen LogP) is 5.68. The SMILES string of the molecule is COc1ccc2ncc(N(C)C)c(CCCC3(CO)CCN(CCC4CCCCC4)CC3)c2c1. The van der Waals surface area contributed by atoms with Gasteiger partial charge in [0.2, 0.25) is 0 Å². The van der Waals surface area contributed by atoms with Crippen LogP contribution in [0.4, 0.5) is 5.69 Å². The normalized spacial score (nSPS) is 19.4. The molecule has 1 aliphatic heterocycles. The molecule has 1 saturated heterocycles. The van der Waals surface area contributed by atoms with Gasteiger partial charge in [0, 0.05) is 26.1 Å². The third kappa shape index (κ3) is 6.04. The van der Waals surface area contributed by atoms with Gasteiger partial charge < -0.3 is 19.6 Å². The van der Waals surface area contributed by atoms with Crippen LogP contribution in [0.2, 0.25) is 0 Å². The zero-order valence-corrected chi connectivity index (χ0v) is 21.7. The molecular formula is C29H45N3O2. The van der Waals surface area contributed by atoms with Crippen LogP contribution in [0.3, 0.4) is 0 Å². The van der Waals surface area contributed by atoms with Crippen molar-refractivity contribution < 1.29 is 9.84 Å². The lowest BCUT2D eigenvalue weighted by molar-refractivity contribution is 0.0333. The molecule has 2 aromatic rings. The Morgan fingerprint density at radius 1 is 1.15 bits per heavy atom. The highest BCUT2D eigenvalue weighted by molar-refractivity contribution is 5.88. The number of methoxy groups -OCH3 is 1. The first kappa shape index (κ1) is 25.2. The Labute approximate surface area is 206 Å². The van der Waals surface area contributed by atoms with Crippen molar-refractivity contribution in [1.82, 2.24) is 9.88 Å². The second kappa shape index (κ2) is 11.7. The molecule has 2 heterocycles. The Morgan fingerprint density at radius 2 is 1.91 bits per heavy atom. The first-order valence-corrected chi connectivity index (χ1v) is 13.5. The zero-order chi connectivity index (χ0) is 24.0. The van der Waals surface area contributed by atoms with E-state index in [1.807, 2.05) is 12.3 Å². The Hall–Kier alpha value is -1.85. The van der Waals surface area contributed by atoms with Crippen LogP contribution in [0.5, 0.6) is 5.75 Å². The molecule has 1 aliphatic carbocycles. The number of nitrogens with zero attached hydrogens (tertiary/aromatic N) is 3. The Kier molecular flexibility index (Phi) is 8.70. The molecule has 5 heteroatoms. The molecular weight excluding hydrogens is 422 g/mol. The fourth-order valence-corrected chi connectivity index (χ4v) is 6.21. The molecule has 5 nitrogen and oxygen atoms in total. The summed E-state index contributed by atoms with van der Waals surface area (Å²) in [6.45, 7) is 3.86. The van der Waals surface area contributed by atoms with Crippen molar-refractivity contribution in [3.05, 3.63) is 30.0 Å². The van der Waals surface area contributed by atoms with E-state index in [2.05, 4.69) is 41.0 Å². The number of hydrogen-bond donors (Lipinski definition) is 1. The van der Waals surface area contributed by atoms with Crippen molar-refractivity contribution in [2.75, 3.05) is 52.3 Å². The monoisotopic (exact) mass is 467 g/mol. The molecule has 0 atom stereocenters. The van der Waals surface area contributed by atoms with E-state index in [0.29, 0.717) is 6.61 Å². The van der Waals surface area contributed by atoms with Gasteiger partial charge in [-0.15, -0.1) is 0 Å². The summed E-state index contributed by atoms with van der Waals surface area (Å²) in [4.78, 5) is 9.51. The zero-order valence-electron chi connectivity index (χ0n) is 21.7. The Morgan fingerprint density at radius 3 is 2.59 bits per heavy atom. The number of anilines is 1. The lowest BCUT2D eigenvalue weighted by Crippen LogP contribution is -2.42. The molecule has 1 aromatic carbocycles. The highest BCUT2D eigenvalue weighted by Crippen LogP contribution is 2.38. The van der Waals surface area contributed by atoms with E-state index in [0.717, 1.165) is 62.4 Å². The van der Waals surface area contributed by atoms with Gasteiger partial charge in [-0.3, -0.25) is 4.98 Å². The van der Waals surface area contributed by atoms with E-state index in [1.54, 1.807) is 7.11 Å². The predicted molar refractivity (Wildman–Crippen MR) is 142 cm³/mol. The molecule has 2 fully saturated rings. The highest BCUT2D eigenvalue weighted by Gasteiger charge is 2.33. The topological polar surface area (TPSA) is 48.8 Å². The number of piperidine rings is 1. The van der Waals surface area contributed by atoms with E-state index in [-0.39, 0.29) is 5.41 Å². The fourth-order valence-electron chi connectivity index (χ4n) is 6.21. The van der Waals surface area contributed by atoms with Gasteiger partial charge in [-0.25, -0.2) is 0 Å². The van der Waals surface area contributed by atoms with Gasteiger partial charge in [-0.05, 0) is 93.3 Å². The summed E-state index contributed by atoms with van der Waals surface area (Å²) in [6, 6.07) is 6.16. The first-order chi connectivity index (χ1) is 16.5. The molecule has 34 heavy (non-hydrogen) atoms. The van der Waals surface area contributed by atoms with Crippen LogP contribution in [-0.2, 0) is 6.42 Å². The molecule has 1 saturated carbocycles. The number of aliphatic hydroxyl groups is 1. The van der Waals surface area contributed by atoms with Crippen LogP contribution in [0.1, 0.15) is 69.8 Å². The second-order valence-corrected chi connectivity index (χ2v) is 11.0. The van der Waals surface area contributed by atoms with E-state index < -0.39 is 0 Å². The van der Waals surface area contributed by atoms with Crippen LogP contribution >= 0.6 is 0 Å². The minimum atomic E-state index is 0.0835. The number of likely N-dealkylation sites (tertiary alicyclic amines) is 1. The number of rotatable bonds is 10. The molecule has 1 N–H and O–H groups in total. The van der Waals surface area contributed by atoms with Gasteiger partial charge in [0.05, 0.1) is 24.5 Å². The lowest BCUT2D eigenvalue weighted by atomic mass is 9.74. The summed E-state index contributed by atoms with van der Waals surface area (Å²) in [5.74, 6) is 1.83. The van der Waals surface area contributed by atoms with E-state index in [1.165, 1.54) is 61.7 Å². The molecule has 188 valence electrons. The van der Waals surface area contributed by atoms with Crippen LogP contribution in [0, 0.1) is 11.3 Å². The van der Waals surface area contributed by atoms with Crippen molar-refractivity contribution in [2.45, 2.75) is 70.6 Å². The fraction of sp³-hybridized carbons (Fsp3) is 0.690. The number of aliphatic hydroxyl groups excluding tert-OH is 1.